The number of amides is 2. The second-order valence-electron chi connectivity index (χ2n) is 5.52. The molecular formula is C16H23N3O2. The second kappa shape index (κ2) is 7.22. The van der Waals surface area contributed by atoms with Crippen LogP contribution in [-0.4, -0.2) is 55.3 Å². The summed E-state index contributed by atoms with van der Waals surface area (Å²) in [7, 11) is 3.66. The molecule has 1 N–H and O–H groups in total. The lowest BCUT2D eigenvalue weighted by Crippen LogP contribution is -2.38. The number of nitrogens with zero attached hydrogens (tertiary/aromatic N) is 2. The largest absolute Gasteiger partial charge is 0.344 e. The van der Waals surface area contributed by atoms with Crippen molar-refractivity contribution in [2.24, 2.45) is 5.92 Å². The smallest absolute Gasteiger partial charge is 0.227 e. The van der Waals surface area contributed by atoms with Gasteiger partial charge in [-0.1, -0.05) is 30.3 Å². The van der Waals surface area contributed by atoms with Crippen LogP contribution >= 0.6 is 0 Å². The summed E-state index contributed by atoms with van der Waals surface area (Å²) in [6.07, 6.45) is 0.329. The molecule has 1 aliphatic rings. The average molecular weight is 289 g/mol. The molecular weight excluding hydrogens is 266 g/mol. The van der Waals surface area contributed by atoms with E-state index in [-0.39, 0.29) is 17.7 Å². The molecule has 21 heavy (non-hydrogen) atoms. The van der Waals surface area contributed by atoms with Gasteiger partial charge in [-0.2, -0.15) is 0 Å². The summed E-state index contributed by atoms with van der Waals surface area (Å²) in [6.45, 7) is 2.54. The average Bonchev–Trinajstić information content (AvgIpc) is 2.86. The van der Waals surface area contributed by atoms with E-state index in [1.54, 1.807) is 16.8 Å². The van der Waals surface area contributed by atoms with Gasteiger partial charge in [0.05, 0.1) is 5.92 Å². The van der Waals surface area contributed by atoms with Crippen molar-refractivity contribution in [3.63, 3.8) is 0 Å². The Balaban J connectivity index is 1.91. The second-order valence-corrected chi connectivity index (χ2v) is 5.52. The number of benzene rings is 1. The third kappa shape index (κ3) is 4.04. The highest BCUT2D eigenvalue weighted by atomic mass is 16.2. The lowest BCUT2D eigenvalue weighted by atomic mass is 10.1. The molecule has 0 bridgehead atoms. The van der Waals surface area contributed by atoms with Crippen LogP contribution in [0.15, 0.2) is 30.3 Å². The van der Waals surface area contributed by atoms with Crippen LogP contribution in [0.25, 0.3) is 0 Å². The monoisotopic (exact) mass is 289 g/mol. The summed E-state index contributed by atoms with van der Waals surface area (Å²) >= 11 is 0. The van der Waals surface area contributed by atoms with Gasteiger partial charge in [-0.3, -0.25) is 9.59 Å². The minimum atomic E-state index is -0.205. The van der Waals surface area contributed by atoms with Crippen molar-refractivity contribution in [3.05, 3.63) is 35.9 Å². The van der Waals surface area contributed by atoms with Crippen molar-refractivity contribution in [2.75, 3.05) is 33.7 Å². The van der Waals surface area contributed by atoms with E-state index in [0.29, 0.717) is 26.1 Å². The fraction of sp³-hybridized carbons (Fsp3) is 0.500. The number of rotatable bonds is 6. The third-order valence-electron chi connectivity index (χ3n) is 3.85. The lowest BCUT2D eigenvalue weighted by Gasteiger charge is -2.21. The first-order chi connectivity index (χ1) is 10.1. The number of hydrogen-bond donors (Lipinski definition) is 1. The minimum absolute atomic E-state index is 0.0640. The molecule has 0 aromatic heterocycles. The van der Waals surface area contributed by atoms with Crippen LogP contribution in [0, 0.1) is 5.92 Å². The van der Waals surface area contributed by atoms with Crippen LogP contribution in [0.2, 0.25) is 0 Å². The van der Waals surface area contributed by atoms with E-state index >= 15 is 0 Å². The van der Waals surface area contributed by atoms with Crippen LogP contribution in [0.1, 0.15) is 12.0 Å². The molecule has 1 aromatic carbocycles. The van der Waals surface area contributed by atoms with E-state index in [1.807, 2.05) is 37.4 Å². The van der Waals surface area contributed by atoms with Gasteiger partial charge in [0.2, 0.25) is 11.8 Å². The Morgan fingerprint density at radius 3 is 2.76 bits per heavy atom. The Hall–Kier alpha value is -1.88. The number of likely N-dealkylation sites (tertiary alicyclic amines) is 1. The Morgan fingerprint density at radius 1 is 1.38 bits per heavy atom. The quantitative estimate of drug-likeness (QED) is 0.839. The first-order valence-electron chi connectivity index (χ1n) is 7.33. The van der Waals surface area contributed by atoms with Gasteiger partial charge < -0.3 is 15.1 Å². The van der Waals surface area contributed by atoms with Crippen LogP contribution in [-0.2, 0) is 16.1 Å². The Bertz CT molecular complexity index is 490. The van der Waals surface area contributed by atoms with E-state index in [2.05, 4.69) is 5.32 Å². The number of nitrogens with one attached hydrogen (secondary N) is 1. The molecule has 0 spiro atoms. The van der Waals surface area contributed by atoms with Crippen molar-refractivity contribution in [1.82, 2.24) is 15.1 Å². The summed E-state index contributed by atoms with van der Waals surface area (Å²) in [4.78, 5) is 27.9. The highest BCUT2D eigenvalue weighted by Crippen LogP contribution is 2.21. The summed E-state index contributed by atoms with van der Waals surface area (Å²) < 4.78 is 0. The molecule has 1 atom stereocenters. The van der Waals surface area contributed by atoms with Crippen molar-refractivity contribution in [2.45, 2.75) is 13.0 Å². The first kappa shape index (κ1) is 15.5. The fourth-order valence-electron chi connectivity index (χ4n) is 2.60. The number of likely N-dealkylation sites (N-methyl/N-ethyl adjacent to an activating group) is 2. The lowest BCUT2D eigenvalue weighted by molar-refractivity contribution is -0.134. The normalized spacial score (nSPS) is 18.1. The van der Waals surface area contributed by atoms with E-state index in [1.165, 1.54) is 0 Å². The highest BCUT2D eigenvalue weighted by molar-refractivity contribution is 5.89. The van der Waals surface area contributed by atoms with Gasteiger partial charge >= 0.3 is 0 Å². The number of carbonyl (C=O) groups excluding carboxylic acids is 2. The molecule has 1 unspecified atom stereocenters. The molecule has 1 fully saturated rings. The molecule has 2 amide bonds. The number of hydrogen-bond acceptors (Lipinski definition) is 3. The van der Waals surface area contributed by atoms with E-state index in [9.17, 15) is 9.59 Å². The Labute approximate surface area is 125 Å². The Morgan fingerprint density at radius 2 is 2.10 bits per heavy atom. The van der Waals surface area contributed by atoms with Crippen LogP contribution in [0.3, 0.4) is 0 Å². The molecule has 1 heterocycles. The maximum atomic E-state index is 12.3. The highest BCUT2D eigenvalue weighted by Gasteiger charge is 2.35. The molecule has 2 rings (SSSR count). The molecule has 0 aliphatic carbocycles. The first-order valence-corrected chi connectivity index (χ1v) is 7.33. The van der Waals surface area contributed by atoms with Gasteiger partial charge in [0, 0.05) is 39.6 Å². The molecule has 5 heteroatoms. The van der Waals surface area contributed by atoms with Crippen LogP contribution < -0.4 is 5.32 Å². The van der Waals surface area contributed by atoms with E-state index in [0.717, 1.165) is 12.1 Å². The Kier molecular flexibility index (Phi) is 5.33. The van der Waals surface area contributed by atoms with Gasteiger partial charge in [0.25, 0.3) is 0 Å². The standard InChI is InChI=1S/C16H23N3O2/c1-17-8-9-18(2)16(21)14-10-15(20)19(12-14)11-13-6-4-3-5-7-13/h3-7,14,17H,8-12H2,1-2H3. The van der Waals surface area contributed by atoms with Gasteiger partial charge in [-0.15, -0.1) is 0 Å². The van der Waals surface area contributed by atoms with Gasteiger partial charge in [-0.25, -0.2) is 0 Å². The van der Waals surface area contributed by atoms with E-state index < -0.39 is 0 Å². The molecule has 5 nitrogen and oxygen atoms in total. The predicted octanol–water partition coefficient (Wildman–Crippen LogP) is 0.713. The van der Waals surface area contributed by atoms with Gasteiger partial charge in [-0.05, 0) is 12.6 Å². The molecule has 0 radical (unpaired) electrons. The van der Waals surface area contributed by atoms with Gasteiger partial charge in [0.15, 0.2) is 0 Å². The molecule has 1 saturated heterocycles. The molecule has 1 aromatic rings. The third-order valence-corrected chi connectivity index (χ3v) is 3.85. The van der Waals surface area contributed by atoms with E-state index in [4.69, 9.17) is 0 Å². The van der Waals surface area contributed by atoms with Crippen molar-refractivity contribution < 1.29 is 9.59 Å². The van der Waals surface area contributed by atoms with Gasteiger partial charge in [0.1, 0.15) is 0 Å². The molecule has 1 aliphatic heterocycles. The van der Waals surface area contributed by atoms with Crippen LogP contribution in [0.4, 0.5) is 0 Å². The maximum Gasteiger partial charge on any atom is 0.227 e. The summed E-state index contributed by atoms with van der Waals surface area (Å²) in [5.41, 5.74) is 1.10. The van der Waals surface area contributed by atoms with Crippen LogP contribution in [0.5, 0.6) is 0 Å². The topological polar surface area (TPSA) is 52.7 Å². The predicted molar refractivity (Wildman–Crippen MR) is 81.5 cm³/mol. The molecule has 114 valence electrons. The molecule has 0 saturated carbocycles. The number of carbonyl (C=O) groups is 2. The SMILES string of the molecule is CNCCN(C)C(=O)C1CC(=O)N(Cc2ccccc2)C1. The zero-order chi connectivity index (χ0) is 15.2. The van der Waals surface area contributed by atoms with Crippen molar-refractivity contribution in [3.8, 4) is 0 Å². The van der Waals surface area contributed by atoms with Crippen molar-refractivity contribution in [1.29, 1.82) is 0 Å². The summed E-state index contributed by atoms with van der Waals surface area (Å²) in [5, 5.41) is 3.02. The minimum Gasteiger partial charge on any atom is -0.344 e. The maximum absolute atomic E-state index is 12.3. The fourth-order valence-corrected chi connectivity index (χ4v) is 2.60. The zero-order valence-corrected chi connectivity index (χ0v) is 12.7. The summed E-state index contributed by atoms with van der Waals surface area (Å²) in [5.74, 6) is -0.0727. The summed E-state index contributed by atoms with van der Waals surface area (Å²) in [6, 6.07) is 9.88. The zero-order valence-electron chi connectivity index (χ0n) is 12.7. The van der Waals surface area contributed by atoms with Crippen molar-refractivity contribution >= 4 is 11.8 Å².